The highest BCUT2D eigenvalue weighted by molar-refractivity contribution is 5.84. The standard InChI is InChI=1S/C10H22N2O2/c1-9(2,3)14-7-6-10(4,12-5)8(11)13/h12H,6-7H2,1-5H3,(H2,11,13). The molecule has 0 aromatic heterocycles. The molecule has 0 aliphatic rings. The van der Waals surface area contributed by atoms with Crippen LogP contribution in [-0.2, 0) is 9.53 Å². The lowest BCUT2D eigenvalue weighted by Gasteiger charge is -2.27. The van der Waals surface area contributed by atoms with E-state index in [0.29, 0.717) is 13.0 Å². The van der Waals surface area contributed by atoms with Crippen LogP contribution in [0.25, 0.3) is 0 Å². The summed E-state index contributed by atoms with van der Waals surface area (Å²) in [6, 6.07) is 0. The summed E-state index contributed by atoms with van der Waals surface area (Å²) in [5, 5.41) is 2.91. The lowest BCUT2D eigenvalue weighted by molar-refractivity contribution is -0.125. The van der Waals surface area contributed by atoms with E-state index in [9.17, 15) is 4.79 Å². The van der Waals surface area contributed by atoms with Gasteiger partial charge in [0.05, 0.1) is 11.1 Å². The molecule has 4 nitrogen and oxygen atoms in total. The summed E-state index contributed by atoms with van der Waals surface area (Å²) >= 11 is 0. The van der Waals surface area contributed by atoms with Crippen LogP contribution in [0.1, 0.15) is 34.1 Å². The maximum absolute atomic E-state index is 11.1. The van der Waals surface area contributed by atoms with Crippen molar-refractivity contribution in [2.24, 2.45) is 5.73 Å². The van der Waals surface area contributed by atoms with Gasteiger partial charge in [-0.15, -0.1) is 0 Å². The summed E-state index contributed by atoms with van der Waals surface area (Å²) in [4.78, 5) is 11.1. The molecule has 4 heteroatoms. The van der Waals surface area contributed by atoms with Crippen LogP contribution in [0, 0.1) is 0 Å². The summed E-state index contributed by atoms with van der Waals surface area (Å²) in [5.41, 5.74) is 4.42. The Morgan fingerprint density at radius 3 is 2.14 bits per heavy atom. The fourth-order valence-electron chi connectivity index (χ4n) is 0.933. The third-order valence-corrected chi connectivity index (χ3v) is 2.23. The topological polar surface area (TPSA) is 64.3 Å². The molecule has 0 heterocycles. The van der Waals surface area contributed by atoms with Crippen molar-refractivity contribution in [3.63, 3.8) is 0 Å². The second-order valence-electron chi connectivity index (χ2n) is 4.66. The second-order valence-corrected chi connectivity index (χ2v) is 4.66. The smallest absolute Gasteiger partial charge is 0.237 e. The van der Waals surface area contributed by atoms with Gasteiger partial charge in [0, 0.05) is 6.61 Å². The molecule has 0 radical (unpaired) electrons. The molecular weight excluding hydrogens is 180 g/mol. The number of amides is 1. The minimum Gasteiger partial charge on any atom is -0.376 e. The van der Waals surface area contributed by atoms with Crippen molar-refractivity contribution >= 4 is 5.91 Å². The molecule has 1 unspecified atom stereocenters. The Kier molecular flexibility index (Phi) is 4.55. The van der Waals surface area contributed by atoms with E-state index in [2.05, 4.69) is 5.32 Å². The molecule has 0 fully saturated rings. The Hall–Kier alpha value is -0.610. The number of rotatable bonds is 5. The molecule has 0 aromatic carbocycles. The molecule has 1 amide bonds. The maximum atomic E-state index is 11.1. The van der Waals surface area contributed by atoms with Crippen molar-refractivity contribution in [2.45, 2.75) is 45.3 Å². The molecule has 14 heavy (non-hydrogen) atoms. The van der Waals surface area contributed by atoms with Gasteiger partial charge in [-0.1, -0.05) is 0 Å². The van der Waals surface area contributed by atoms with E-state index < -0.39 is 5.54 Å². The van der Waals surface area contributed by atoms with Crippen LogP contribution in [0.5, 0.6) is 0 Å². The van der Waals surface area contributed by atoms with E-state index in [1.54, 1.807) is 14.0 Å². The number of nitrogens with two attached hydrogens (primary N) is 1. The zero-order chi connectivity index (χ0) is 11.4. The molecule has 84 valence electrons. The van der Waals surface area contributed by atoms with Crippen molar-refractivity contribution in [3.8, 4) is 0 Å². The Morgan fingerprint density at radius 2 is 1.86 bits per heavy atom. The molecule has 0 spiro atoms. The molecule has 0 saturated carbocycles. The first-order valence-corrected chi connectivity index (χ1v) is 4.84. The predicted octanol–water partition coefficient (Wildman–Crippen LogP) is 0.655. The molecule has 1 atom stereocenters. The lowest BCUT2D eigenvalue weighted by Crippen LogP contribution is -2.52. The number of carbonyl (C=O) groups excluding carboxylic acids is 1. The Morgan fingerprint density at radius 1 is 1.36 bits per heavy atom. The second kappa shape index (κ2) is 4.75. The number of ether oxygens (including phenoxy) is 1. The number of nitrogens with one attached hydrogen (secondary N) is 1. The van der Waals surface area contributed by atoms with Gasteiger partial charge in [0.2, 0.25) is 5.91 Å². The third-order valence-electron chi connectivity index (χ3n) is 2.23. The van der Waals surface area contributed by atoms with Crippen molar-refractivity contribution < 1.29 is 9.53 Å². The van der Waals surface area contributed by atoms with E-state index in [1.165, 1.54) is 0 Å². The number of hydrogen-bond acceptors (Lipinski definition) is 3. The lowest BCUT2D eigenvalue weighted by atomic mass is 9.98. The minimum absolute atomic E-state index is 0.174. The van der Waals surface area contributed by atoms with Gasteiger partial charge in [-0.2, -0.15) is 0 Å². The van der Waals surface area contributed by atoms with Gasteiger partial charge in [0.1, 0.15) is 0 Å². The number of carbonyl (C=O) groups is 1. The predicted molar refractivity (Wildman–Crippen MR) is 57.0 cm³/mol. The summed E-state index contributed by atoms with van der Waals surface area (Å²) in [7, 11) is 1.72. The zero-order valence-electron chi connectivity index (χ0n) is 9.81. The van der Waals surface area contributed by atoms with Crippen LogP contribution in [0.2, 0.25) is 0 Å². The van der Waals surface area contributed by atoms with Crippen LogP contribution in [0.15, 0.2) is 0 Å². The van der Waals surface area contributed by atoms with E-state index >= 15 is 0 Å². The first-order chi connectivity index (χ1) is 6.21. The average Bonchev–Trinajstić information content (AvgIpc) is 2.01. The van der Waals surface area contributed by atoms with Gasteiger partial charge in [0.25, 0.3) is 0 Å². The summed E-state index contributed by atoms with van der Waals surface area (Å²) in [6.07, 6.45) is 0.579. The number of likely N-dealkylation sites (N-methyl/N-ethyl adjacent to an activating group) is 1. The zero-order valence-corrected chi connectivity index (χ0v) is 9.81. The van der Waals surface area contributed by atoms with Crippen LogP contribution in [-0.4, -0.2) is 30.7 Å². The van der Waals surface area contributed by atoms with Gasteiger partial charge in [-0.3, -0.25) is 4.79 Å². The SMILES string of the molecule is CNC(C)(CCOC(C)(C)C)C(N)=O. The summed E-state index contributed by atoms with van der Waals surface area (Å²) in [6.45, 7) is 8.24. The van der Waals surface area contributed by atoms with E-state index in [4.69, 9.17) is 10.5 Å². The highest BCUT2D eigenvalue weighted by atomic mass is 16.5. The highest BCUT2D eigenvalue weighted by Crippen LogP contribution is 2.12. The average molecular weight is 202 g/mol. The van der Waals surface area contributed by atoms with Crippen molar-refractivity contribution in [1.82, 2.24) is 5.32 Å². The Labute approximate surface area is 86.2 Å². The Balaban J connectivity index is 4.04. The first kappa shape index (κ1) is 13.4. The first-order valence-electron chi connectivity index (χ1n) is 4.84. The molecule has 0 aliphatic carbocycles. The third kappa shape index (κ3) is 4.58. The molecular formula is C10H22N2O2. The Bertz CT molecular complexity index is 199. The fraction of sp³-hybridized carbons (Fsp3) is 0.900. The van der Waals surface area contributed by atoms with Crippen molar-refractivity contribution in [2.75, 3.05) is 13.7 Å². The van der Waals surface area contributed by atoms with Crippen molar-refractivity contribution in [1.29, 1.82) is 0 Å². The van der Waals surface area contributed by atoms with E-state index in [-0.39, 0.29) is 11.5 Å². The molecule has 3 N–H and O–H groups in total. The van der Waals surface area contributed by atoms with Gasteiger partial charge in [-0.25, -0.2) is 0 Å². The summed E-state index contributed by atoms with van der Waals surface area (Å²) < 4.78 is 5.53. The fourth-order valence-corrected chi connectivity index (χ4v) is 0.933. The molecule has 0 saturated heterocycles. The van der Waals surface area contributed by atoms with E-state index in [1.807, 2.05) is 20.8 Å². The summed E-state index contributed by atoms with van der Waals surface area (Å²) in [5.74, 6) is -0.350. The van der Waals surface area contributed by atoms with Gasteiger partial charge in [-0.05, 0) is 41.2 Å². The molecule has 0 aromatic rings. The van der Waals surface area contributed by atoms with Crippen LogP contribution in [0.4, 0.5) is 0 Å². The number of primary amides is 1. The number of hydrogen-bond donors (Lipinski definition) is 2. The van der Waals surface area contributed by atoms with Crippen molar-refractivity contribution in [3.05, 3.63) is 0 Å². The maximum Gasteiger partial charge on any atom is 0.237 e. The molecule has 0 bridgehead atoms. The molecule has 0 rings (SSSR count). The van der Waals surface area contributed by atoms with Gasteiger partial charge >= 0.3 is 0 Å². The minimum atomic E-state index is -0.675. The molecule has 0 aliphatic heterocycles. The normalized spacial score (nSPS) is 16.4. The van der Waals surface area contributed by atoms with Crippen LogP contribution >= 0.6 is 0 Å². The van der Waals surface area contributed by atoms with Crippen LogP contribution in [0.3, 0.4) is 0 Å². The monoisotopic (exact) mass is 202 g/mol. The quantitative estimate of drug-likeness (QED) is 0.688. The van der Waals surface area contributed by atoms with Crippen LogP contribution < -0.4 is 11.1 Å². The van der Waals surface area contributed by atoms with Gasteiger partial charge in [0.15, 0.2) is 0 Å². The van der Waals surface area contributed by atoms with Gasteiger partial charge < -0.3 is 15.8 Å². The highest BCUT2D eigenvalue weighted by Gasteiger charge is 2.29. The van der Waals surface area contributed by atoms with E-state index in [0.717, 1.165) is 0 Å². The largest absolute Gasteiger partial charge is 0.376 e.